The highest BCUT2D eigenvalue weighted by Gasteiger charge is 2.34. The summed E-state index contributed by atoms with van der Waals surface area (Å²) in [5, 5.41) is 12.6. The third kappa shape index (κ3) is 3.25. The molecule has 1 atom stereocenters. The van der Waals surface area contributed by atoms with Crippen LogP contribution < -0.4 is 5.32 Å². The second-order valence-electron chi connectivity index (χ2n) is 4.01. The van der Waals surface area contributed by atoms with Gasteiger partial charge in [-0.3, -0.25) is 0 Å². The molecule has 1 saturated heterocycles. The fourth-order valence-corrected chi connectivity index (χ4v) is 2.54. The number of sulfone groups is 1. The Morgan fingerprint density at radius 2 is 2.08 bits per heavy atom. The Bertz CT molecular complexity index is 259. The van der Waals surface area contributed by atoms with E-state index < -0.39 is 15.4 Å². The molecule has 0 radical (unpaired) electrons. The van der Waals surface area contributed by atoms with E-state index in [0.29, 0.717) is 13.0 Å². The highest BCUT2D eigenvalue weighted by molar-refractivity contribution is 7.92. The largest absolute Gasteiger partial charge is 0.389 e. The van der Waals surface area contributed by atoms with Gasteiger partial charge in [-0.15, -0.1) is 0 Å². The van der Waals surface area contributed by atoms with Crippen molar-refractivity contribution in [2.75, 3.05) is 18.1 Å². The van der Waals surface area contributed by atoms with Crippen molar-refractivity contribution in [1.29, 1.82) is 0 Å². The molecular formula is C8H17NO3S. The van der Waals surface area contributed by atoms with Crippen LogP contribution in [0.25, 0.3) is 0 Å². The second kappa shape index (κ2) is 3.55. The normalized spacial score (nSPS) is 26.4. The number of hydrogen-bond donors (Lipinski definition) is 2. The van der Waals surface area contributed by atoms with E-state index in [1.54, 1.807) is 6.92 Å². The molecule has 0 amide bonds. The summed E-state index contributed by atoms with van der Waals surface area (Å²) in [6.07, 6.45) is 0.666. The highest BCUT2D eigenvalue weighted by atomic mass is 32.2. The maximum absolute atomic E-state index is 10.8. The van der Waals surface area contributed by atoms with Gasteiger partial charge in [-0.1, -0.05) is 6.92 Å². The molecule has 1 fully saturated rings. The molecule has 0 aliphatic carbocycles. The summed E-state index contributed by atoms with van der Waals surface area (Å²) in [5.74, 6) is 0.430. The summed E-state index contributed by atoms with van der Waals surface area (Å²) in [6, 6.07) is 0.0445. The zero-order valence-electron chi connectivity index (χ0n) is 8.08. The van der Waals surface area contributed by atoms with Crippen LogP contribution >= 0.6 is 0 Å². The molecule has 4 nitrogen and oxygen atoms in total. The standard InChI is InChI=1S/C8H17NO3S/c1-3-8(2,10)6-9-7-4-13(11,12)5-7/h7,9-10H,3-6H2,1-2H3. The fourth-order valence-electron chi connectivity index (χ4n) is 1.17. The first-order valence-electron chi connectivity index (χ1n) is 4.51. The summed E-state index contributed by atoms with van der Waals surface area (Å²) in [5.41, 5.74) is -0.723. The van der Waals surface area contributed by atoms with Crippen LogP contribution in [0.4, 0.5) is 0 Å². The first-order chi connectivity index (χ1) is 5.85. The second-order valence-corrected chi connectivity index (χ2v) is 6.16. The zero-order valence-corrected chi connectivity index (χ0v) is 8.89. The van der Waals surface area contributed by atoms with Crippen molar-refractivity contribution in [3.05, 3.63) is 0 Å². The Balaban J connectivity index is 2.23. The van der Waals surface area contributed by atoms with Crippen molar-refractivity contribution in [2.45, 2.75) is 31.9 Å². The van der Waals surface area contributed by atoms with Crippen molar-refractivity contribution in [3.63, 3.8) is 0 Å². The van der Waals surface area contributed by atoms with E-state index in [1.807, 2.05) is 6.92 Å². The lowest BCUT2D eigenvalue weighted by molar-refractivity contribution is 0.0537. The van der Waals surface area contributed by atoms with E-state index >= 15 is 0 Å². The van der Waals surface area contributed by atoms with E-state index in [4.69, 9.17) is 0 Å². The molecule has 0 aromatic carbocycles. The van der Waals surface area contributed by atoms with Crippen LogP contribution in [0.1, 0.15) is 20.3 Å². The van der Waals surface area contributed by atoms with Crippen LogP contribution in [0.3, 0.4) is 0 Å². The van der Waals surface area contributed by atoms with Crippen LogP contribution in [0.15, 0.2) is 0 Å². The lowest BCUT2D eigenvalue weighted by Crippen LogP contribution is -2.54. The van der Waals surface area contributed by atoms with Crippen LogP contribution in [0, 0.1) is 0 Å². The Kier molecular flexibility index (Phi) is 2.99. The maximum Gasteiger partial charge on any atom is 0.153 e. The minimum Gasteiger partial charge on any atom is -0.389 e. The summed E-state index contributed by atoms with van der Waals surface area (Å²) >= 11 is 0. The van der Waals surface area contributed by atoms with Gasteiger partial charge in [0, 0.05) is 12.6 Å². The summed E-state index contributed by atoms with van der Waals surface area (Å²) in [7, 11) is -2.75. The number of rotatable bonds is 4. The number of nitrogens with one attached hydrogen (secondary N) is 1. The van der Waals surface area contributed by atoms with Gasteiger partial charge in [0.05, 0.1) is 17.1 Å². The average molecular weight is 207 g/mol. The minimum atomic E-state index is -2.75. The van der Waals surface area contributed by atoms with Gasteiger partial charge in [0.15, 0.2) is 9.84 Å². The third-order valence-corrected chi connectivity index (χ3v) is 4.26. The molecule has 0 aromatic heterocycles. The molecule has 1 heterocycles. The van der Waals surface area contributed by atoms with Crippen molar-refractivity contribution in [1.82, 2.24) is 5.32 Å². The van der Waals surface area contributed by atoms with Gasteiger partial charge >= 0.3 is 0 Å². The van der Waals surface area contributed by atoms with E-state index in [0.717, 1.165) is 0 Å². The minimum absolute atomic E-state index is 0.0445. The smallest absolute Gasteiger partial charge is 0.153 e. The monoisotopic (exact) mass is 207 g/mol. The summed E-state index contributed by atoms with van der Waals surface area (Å²) in [6.45, 7) is 4.11. The molecule has 78 valence electrons. The molecule has 1 aliphatic heterocycles. The first-order valence-corrected chi connectivity index (χ1v) is 6.33. The van der Waals surface area contributed by atoms with E-state index in [2.05, 4.69) is 5.32 Å². The fraction of sp³-hybridized carbons (Fsp3) is 1.00. The number of aliphatic hydroxyl groups is 1. The quantitative estimate of drug-likeness (QED) is 0.654. The van der Waals surface area contributed by atoms with Gasteiger partial charge in [-0.2, -0.15) is 0 Å². The van der Waals surface area contributed by atoms with E-state index in [-0.39, 0.29) is 17.5 Å². The van der Waals surface area contributed by atoms with Gasteiger partial charge in [0.1, 0.15) is 0 Å². The summed E-state index contributed by atoms with van der Waals surface area (Å²) in [4.78, 5) is 0. The van der Waals surface area contributed by atoms with Gasteiger partial charge in [-0.25, -0.2) is 8.42 Å². The molecule has 1 aliphatic rings. The Morgan fingerprint density at radius 3 is 2.46 bits per heavy atom. The predicted octanol–water partition coefficient (Wildman–Crippen LogP) is -0.466. The van der Waals surface area contributed by atoms with Gasteiger partial charge in [-0.05, 0) is 13.3 Å². The lowest BCUT2D eigenvalue weighted by atomic mass is 10.0. The van der Waals surface area contributed by atoms with E-state index in [1.165, 1.54) is 0 Å². The van der Waals surface area contributed by atoms with Crippen molar-refractivity contribution in [3.8, 4) is 0 Å². The molecule has 0 bridgehead atoms. The van der Waals surface area contributed by atoms with Crippen molar-refractivity contribution < 1.29 is 13.5 Å². The molecule has 0 aromatic rings. The predicted molar refractivity (Wildman–Crippen MR) is 51.4 cm³/mol. The molecule has 1 rings (SSSR count). The summed E-state index contributed by atoms with van der Waals surface area (Å²) < 4.78 is 21.6. The molecule has 2 N–H and O–H groups in total. The molecule has 1 unspecified atom stereocenters. The van der Waals surface area contributed by atoms with Crippen molar-refractivity contribution >= 4 is 9.84 Å². The van der Waals surface area contributed by atoms with Crippen LogP contribution in [0.2, 0.25) is 0 Å². The zero-order chi connectivity index (χ0) is 10.1. The lowest BCUT2D eigenvalue weighted by Gasteiger charge is -2.30. The van der Waals surface area contributed by atoms with Gasteiger partial charge < -0.3 is 10.4 Å². The first kappa shape index (κ1) is 10.9. The maximum atomic E-state index is 10.8. The van der Waals surface area contributed by atoms with Gasteiger partial charge in [0.2, 0.25) is 0 Å². The van der Waals surface area contributed by atoms with Crippen LogP contribution in [0.5, 0.6) is 0 Å². The molecule has 13 heavy (non-hydrogen) atoms. The molecule has 0 saturated carbocycles. The Labute approximate surface area is 79.3 Å². The molecular weight excluding hydrogens is 190 g/mol. The van der Waals surface area contributed by atoms with Crippen LogP contribution in [-0.2, 0) is 9.84 Å². The third-order valence-electron chi connectivity index (χ3n) is 2.44. The Morgan fingerprint density at radius 1 is 1.54 bits per heavy atom. The van der Waals surface area contributed by atoms with Crippen molar-refractivity contribution in [2.24, 2.45) is 0 Å². The average Bonchev–Trinajstić information content (AvgIpc) is 1.97. The number of hydrogen-bond acceptors (Lipinski definition) is 4. The SMILES string of the molecule is CCC(C)(O)CNC1CS(=O)(=O)C1. The molecule has 5 heteroatoms. The topological polar surface area (TPSA) is 66.4 Å². The molecule has 0 spiro atoms. The van der Waals surface area contributed by atoms with Crippen LogP contribution in [-0.4, -0.2) is 43.2 Å². The highest BCUT2D eigenvalue weighted by Crippen LogP contribution is 2.12. The van der Waals surface area contributed by atoms with E-state index in [9.17, 15) is 13.5 Å². The van der Waals surface area contributed by atoms with Gasteiger partial charge in [0.25, 0.3) is 0 Å². The Hall–Kier alpha value is -0.130.